The van der Waals surface area contributed by atoms with Crippen molar-refractivity contribution in [2.24, 2.45) is 0 Å². The van der Waals surface area contributed by atoms with Gasteiger partial charge >= 0.3 is 0 Å². The summed E-state index contributed by atoms with van der Waals surface area (Å²) in [4.78, 5) is 10.4. The number of carbonyl (C=O) groups excluding carboxylic acids is 1. The van der Waals surface area contributed by atoms with Crippen molar-refractivity contribution in [3.05, 3.63) is 0 Å². The molecule has 0 bridgehead atoms. The van der Waals surface area contributed by atoms with Crippen molar-refractivity contribution < 1.29 is 14.4 Å². The Labute approximate surface area is 85.2 Å². The van der Waals surface area contributed by atoms with E-state index in [1.165, 1.54) is 0 Å². The number of aliphatic hydroxyl groups excluding tert-OH is 1. The molecule has 74 valence electrons. The predicted molar refractivity (Wildman–Crippen MR) is 53.1 cm³/mol. The number of aliphatic hydroxyl groups is 1. The van der Waals surface area contributed by atoms with Crippen LogP contribution in [0.3, 0.4) is 0 Å². The summed E-state index contributed by atoms with van der Waals surface area (Å²) >= 11 is 4.34. The smallest absolute Gasteiger partial charge is 0.108 e. The summed E-state index contributed by atoms with van der Waals surface area (Å²) in [7, 11) is 5.87. The zero-order valence-corrected chi connectivity index (χ0v) is 9.24. The Morgan fingerprint density at radius 1 is 1.50 bits per heavy atom. The van der Waals surface area contributed by atoms with Gasteiger partial charge in [-0.2, -0.15) is 0 Å². The lowest BCUT2D eigenvalue weighted by atomic mass is 10.2. The molecule has 0 rings (SSSR count). The molecule has 5 heteroatoms. The van der Waals surface area contributed by atoms with Crippen LogP contribution in [-0.4, -0.2) is 48.5 Å². The summed E-state index contributed by atoms with van der Waals surface area (Å²) in [6, 6.07) is 0. The number of nitrogens with zero attached hydrogens (tertiary/aromatic N) is 1. The quantitative estimate of drug-likeness (QED) is 0.525. The molecule has 0 aromatic rings. The van der Waals surface area contributed by atoms with Crippen molar-refractivity contribution in [3.63, 3.8) is 0 Å². The van der Waals surface area contributed by atoms with Gasteiger partial charge in [0.25, 0.3) is 0 Å². The molecule has 3 nitrogen and oxygen atoms in total. The average molecular weight is 214 g/mol. The molecular formula is C7H16ClNO2S. The Morgan fingerprint density at radius 2 is 1.92 bits per heavy atom. The van der Waals surface area contributed by atoms with Crippen LogP contribution >= 0.6 is 12.4 Å². The highest BCUT2D eigenvalue weighted by atomic mass is 35.5. The van der Waals surface area contributed by atoms with Crippen LogP contribution < -0.4 is 0 Å². The van der Waals surface area contributed by atoms with E-state index < -0.39 is 6.10 Å². The van der Waals surface area contributed by atoms with Gasteiger partial charge in [-0.3, -0.25) is 0 Å². The van der Waals surface area contributed by atoms with Crippen molar-refractivity contribution in [2.75, 3.05) is 27.7 Å². The normalized spacial score (nSPS) is 13.3. The average Bonchev–Trinajstić information content (AvgIpc) is 1.53. The molecule has 0 saturated carbocycles. The maximum Gasteiger partial charge on any atom is 0.108 e. The molecule has 12 heavy (non-hydrogen) atoms. The van der Waals surface area contributed by atoms with Gasteiger partial charge in [-0.25, -0.2) is 0 Å². The minimum atomic E-state index is -0.597. The third-order valence-electron chi connectivity index (χ3n) is 1.16. The zero-order chi connectivity index (χ0) is 9.07. The Kier molecular flexibility index (Phi) is 6.94. The zero-order valence-electron chi connectivity index (χ0n) is 7.61. The van der Waals surface area contributed by atoms with Crippen LogP contribution in [0.15, 0.2) is 0 Å². The Morgan fingerprint density at radius 3 is 2.17 bits per heavy atom. The van der Waals surface area contributed by atoms with Crippen molar-refractivity contribution >= 4 is 30.2 Å². The molecule has 0 aromatic carbocycles. The molecule has 0 aliphatic heterocycles. The highest BCUT2D eigenvalue weighted by Gasteiger charge is 2.14. The molecule has 0 aliphatic rings. The number of halogens is 1. The lowest BCUT2D eigenvalue weighted by Crippen LogP contribution is -2.41. The van der Waals surface area contributed by atoms with Gasteiger partial charge < -0.3 is 27.0 Å². The second-order valence-electron chi connectivity index (χ2n) is 3.70. The minimum Gasteiger partial charge on any atom is -0.742 e. The lowest BCUT2D eigenvalue weighted by Gasteiger charge is -2.26. The van der Waals surface area contributed by atoms with E-state index in [0.29, 0.717) is 11.0 Å². The molecule has 1 atom stereocenters. The Bertz CT molecular complexity index is 147. The van der Waals surface area contributed by atoms with Crippen LogP contribution in [0.1, 0.15) is 6.42 Å². The topological polar surface area (TPSA) is 37.3 Å². The molecule has 0 fully saturated rings. The number of carbonyl (C=O) groups is 1. The Hall–Kier alpha value is 0.1000. The van der Waals surface area contributed by atoms with Crippen molar-refractivity contribution in [3.8, 4) is 0 Å². The molecule has 0 amide bonds. The van der Waals surface area contributed by atoms with E-state index in [2.05, 4.69) is 12.6 Å². The monoisotopic (exact) mass is 213 g/mol. The van der Waals surface area contributed by atoms with E-state index in [9.17, 15) is 9.90 Å². The fourth-order valence-corrected chi connectivity index (χ4v) is 1.08. The summed E-state index contributed by atoms with van der Waals surface area (Å²) in [6.45, 7) is 0.558. The number of hydrogen-bond acceptors (Lipinski definition) is 3. The molecule has 0 saturated heterocycles. The first-order valence-corrected chi connectivity index (χ1v) is 3.90. The van der Waals surface area contributed by atoms with Gasteiger partial charge in [-0.1, -0.05) is 0 Å². The van der Waals surface area contributed by atoms with Crippen molar-refractivity contribution in [2.45, 2.75) is 12.5 Å². The predicted octanol–water partition coefficient (Wildman–Crippen LogP) is -0.0611. The van der Waals surface area contributed by atoms with Crippen LogP contribution in [-0.2, 0) is 17.4 Å². The van der Waals surface area contributed by atoms with E-state index in [4.69, 9.17) is 0 Å². The molecule has 0 radical (unpaired) electrons. The molecule has 0 aliphatic carbocycles. The van der Waals surface area contributed by atoms with Gasteiger partial charge in [0.05, 0.1) is 21.1 Å². The standard InChI is InChI=1S/C7H15NO2S.ClH/c1-8(2,3)5-6(9)4-7(10)11;/h6,9H,4-5H2,1-3H3;1H. The molecular weight excluding hydrogens is 198 g/mol. The highest BCUT2D eigenvalue weighted by molar-refractivity contribution is 7.77. The van der Waals surface area contributed by atoms with Gasteiger partial charge in [-0.05, 0) is 0 Å². The van der Waals surface area contributed by atoms with Crippen LogP contribution in [0.2, 0.25) is 0 Å². The second-order valence-corrected chi connectivity index (χ2v) is 4.16. The van der Waals surface area contributed by atoms with E-state index in [1.54, 1.807) is 0 Å². The van der Waals surface area contributed by atoms with Crippen LogP contribution in [0.5, 0.6) is 0 Å². The Balaban J connectivity index is 0. The second kappa shape index (κ2) is 5.70. The third kappa shape index (κ3) is 10.1. The maximum absolute atomic E-state index is 10.4. The third-order valence-corrected chi connectivity index (χ3v) is 1.33. The lowest BCUT2D eigenvalue weighted by molar-refractivity contribution is -0.873. The maximum atomic E-state index is 10.4. The molecule has 0 heterocycles. The van der Waals surface area contributed by atoms with E-state index in [-0.39, 0.29) is 23.9 Å². The van der Waals surface area contributed by atoms with E-state index in [0.717, 1.165) is 0 Å². The number of rotatable bonds is 4. The molecule has 0 aromatic heterocycles. The summed E-state index contributed by atoms with van der Waals surface area (Å²) in [6.07, 6.45) is -0.509. The van der Waals surface area contributed by atoms with Crippen molar-refractivity contribution in [1.82, 2.24) is 0 Å². The SMILES string of the molecule is C[N+](C)(C)CC(O)CC(=O)[S-].Cl. The summed E-state index contributed by atoms with van der Waals surface area (Å²) in [5, 5.41) is 8.88. The van der Waals surface area contributed by atoms with E-state index >= 15 is 0 Å². The first kappa shape index (κ1) is 14.6. The summed E-state index contributed by atoms with van der Waals surface area (Å²) in [5.74, 6) is 0. The van der Waals surface area contributed by atoms with Gasteiger partial charge in [-0.15, -0.1) is 12.4 Å². The van der Waals surface area contributed by atoms with Gasteiger partial charge in [0.15, 0.2) is 0 Å². The summed E-state index contributed by atoms with van der Waals surface area (Å²) in [5.41, 5.74) is 0. The van der Waals surface area contributed by atoms with Crippen LogP contribution in [0.25, 0.3) is 0 Å². The largest absolute Gasteiger partial charge is 0.742 e. The molecule has 1 N–H and O–H groups in total. The fraction of sp³-hybridized carbons (Fsp3) is 0.857. The molecule has 1 unspecified atom stereocenters. The first-order chi connectivity index (χ1) is 4.81. The van der Waals surface area contributed by atoms with Crippen LogP contribution in [0, 0.1) is 0 Å². The fourth-order valence-electron chi connectivity index (χ4n) is 0.889. The van der Waals surface area contributed by atoms with Crippen LogP contribution in [0.4, 0.5) is 0 Å². The number of likely N-dealkylation sites (N-methyl/N-ethyl adjacent to an activating group) is 1. The first-order valence-electron chi connectivity index (χ1n) is 3.49. The van der Waals surface area contributed by atoms with Gasteiger partial charge in [0.1, 0.15) is 12.6 Å². The van der Waals surface area contributed by atoms with Crippen molar-refractivity contribution in [1.29, 1.82) is 0 Å². The van der Waals surface area contributed by atoms with Gasteiger partial charge in [0, 0.05) is 11.5 Å². The number of hydrogen-bond donors (Lipinski definition) is 1. The van der Waals surface area contributed by atoms with Gasteiger partial charge in [0.2, 0.25) is 0 Å². The number of quaternary nitrogens is 1. The minimum absolute atomic E-state index is 0. The van der Waals surface area contributed by atoms with E-state index in [1.807, 2.05) is 21.1 Å². The molecule has 0 spiro atoms. The highest BCUT2D eigenvalue weighted by Crippen LogP contribution is 1.98. The summed E-state index contributed by atoms with van der Waals surface area (Å²) < 4.78 is 0.643.